The molecule has 2 aliphatic rings. The zero-order chi connectivity index (χ0) is 18.8. The third kappa shape index (κ3) is 3.54. The second-order valence-electron chi connectivity index (χ2n) is 8.30. The van der Waals surface area contributed by atoms with Gasteiger partial charge in [0.2, 0.25) is 0 Å². The number of aromatic nitrogens is 2. The van der Waals surface area contributed by atoms with Gasteiger partial charge in [0.15, 0.2) is 0 Å². The van der Waals surface area contributed by atoms with E-state index in [1.807, 2.05) is 18.2 Å². The third-order valence-corrected chi connectivity index (χ3v) is 6.11. The predicted molar refractivity (Wildman–Crippen MR) is 109 cm³/mol. The number of imidazole rings is 1. The summed E-state index contributed by atoms with van der Waals surface area (Å²) in [5.74, 6) is 1.11. The average Bonchev–Trinajstić information content (AvgIpc) is 3.25. The van der Waals surface area contributed by atoms with Crippen LogP contribution in [0.25, 0.3) is 11.4 Å². The first kappa shape index (κ1) is 18.3. The van der Waals surface area contributed by atoms with E-state index in [2.05, 4.69) is 35.4 Å². The maximum Gasteiger partial charge on any atom is 0.274 e. The number of carbonyl (C=O) groups excluding carboxylic acids is 1. The molecule has 1 aliphatic heterocycles. The Morgan fingerprint density at radius 3 is 2.52 bits per heavy atom. The molecular weight excluding hydrogens is 334 g/mol. The normalized spacial score (nSPS) is 17.7. The minimum absolute atomic E-state index is 0.143. The van der Waals surface area contributed by atoms with Gasteiger partial charge in [0.1, 0.15) is 11.5 Å². The molecule has 0 saturated heterocycles. The largest absolute Gasteiger partial charge is 0.332 e. The summed E-state index contributed by atoms with van der Waals surface area (Å²) in [4.78, 5) is 20.7. The summed E-state index contributed by atoms with van der Waals surface area (Å²) in [6.45, 7) is 5.25. The number of rotatable bonds is 4. The van der Waals surface area contributed by atoms with E-state index in [1.54, 1.807) is 0 Å². The SMILES string of the molecule is CC(C)N(C(=O)c1nc(-c2ccccc2)n2c1CCCCC2)C1CCCC1. The molecule has 4 nitrogen and oxygen atoms in total. The van der Waals surface area contributed by atoms with Crippen molar-refractivity contribution in [3.8, 4) is 11.4 Å². The van der Waals surface area contributed by atoms with Crippen molar-refractivity contribution in [2.75, 3.05) is 0 Å². The zero-order valence-corrected chi connectivity index (χ0v) is 16.7. The van der Waals surface area contributed by atoms with Crippen molar-refractivity contribution in [3.63, 3.8) is 0 Å². The maximum absolute atomic E-state index is 13.7. The number of amides is 1. The molecule has 4 heteroatoms. The quantitative estimate of drug-likeness (QED) is 0.759. The summed E-state index contributed by atoms with van der Waals surface area (Å²) >= 11 is 0. The number of hydrogen-bond acceptors (Lipinski definition) is 2. The van der Waals surface area contributed by atoms with E-state index >= 15 is 0 Å². The fraction of sp³-hybridized carbons (Fsp3) is 0.565. The zero-order valence-electron chi connectivity index (χ0n) is 16.7. The number of nitrogens with zero attached hydrogens (tertiary/aromatic N) is 3. The Bertz CT molecular complexity index is 787. The van der Waals surface area contributed by atoms with Crippen molar-refractivity contribution in [2.24, 2.45) is 0 Å². The Kier molecular flexibility index (Phi) is 5.33. The molecular formula is C23H31N3O. The summed E-state index contributed by atoms with van der Waals surface area (Å²) in [6, 6.07) is 10.9. The Hall–Kier alpha value is -2.10. The highest BCUT2D eigenvalue weighted by Gasteiger charge is 2.33. The molecule has 1 amide bonds. The van der Waals surface area contributed by atoms with Gasteiger partial charge >= 0.3 is 0 Å². The summed E-state index contributed by atoms with van der Waals surface area (Å²) in [6.07, 6.45) is 9.21. The predicted octanol–water partition coefficient (Wildman–Crippen LogP) is 5.07. The number of hydrogen-bond donors (Lipinski definition) is 0. The van der Waals surface area contributed by atoms with Crippen molar-refractivity contribution in [1.82, 2.24) is 14.5 Å². The molecule has 0 radical (unpaired) electrons. The van der Waals surface area contributed by atoms with Crippen LogP contribution in [0.15, 0.2) is 30.3 Å². The monoisotopic (exact) mass is 365 g/mol. The Labute approximate surface area is 162 Å². The van der Waals surface area contributed by atoms with E-state index < -0.39 is 0 Å². The lowest BCUT2D eigenvalue weighted by molar-refractivity contribution is 0.0606. The first-order valence-corrected chi connectivity index (χ1v) is 10.6. The van der Waals surface area contributed by atoms with Crippen LogP contribution in [0.5, 0.6) is 0 Å². The molecule has 144 valence electrons. The highest BCUT2D eigenvalue weighted by Crippen LogP contribution is 2.31. The smallest absolute Gasteiger partial charge is 0.274 e. The van der Waals surface area contributed by atoms with Crippen LogP contribution in [0.4, 0.5) is 0 Å². The van der Waals surface area contributed by atoms with Gasteiger partial charge in [-0.2, -0.15) is 0 Å². The van der Waals surface area contributed by atoms with Crippen molar-refractivity contribution in [1.29, 1.82) is 0 Å². The van der Waals surface area contributed by atoms with Crippen LogP contribution in [-0.4, -0.2) is 32.4 Å². The van der Waals surface area contributed by atoms with Gasteiger partial charge in [-0.3, -0.25) is 4.79 Å². The summed E-state index contributed by atoms with van der Waals surface area (Å²) in [5, 5.41) is 0. The minimum atomic E-state index is 0.143. The molecule has 0 spiro atoms. The minimum Gasteiger partial charge on any atom is -0.332 e. The van der Waals surface area contributed by atoms with Gasteiger partial charge in [-0.15, -0.1) is 0 Å². The topological polar surface area (TPSA) is 38.1 Å². The fourth-order valence-corrected chi connectivity index (χ4v) is 4.83. The number of carbonyl (C=O) groups is 1. The Morgan fingerprint density at radius 1 is 1.07 bits per heavy atom. The lowest BCUT2D eigenvalue weighted by Crippen LogP contribution is -2.44. The van der Waals surface area contributed by atoms with E-state index in [-0.39, 0.29) is 11.9 Å². The molecule has 1 aromatic heterocycles. The van der Waals surface area contributed by atoms with Gasteiger partial charge in [0.25, 0.3) is 5.91 Å². The number of benzene rings is 1. The molecule has 4 rings (SSSR count). The number of fused-ring (bicyclic) bond motifs is 1. The average molecular weight is 366 g/mol. The van der Waals surface area contributed by atoms with Gasteiger partial charge in [-0.25, -0.2) is 4.98 Å². The second kappa shape index (κ2) is 7.87. The van der Waals surface area contributed by atoms with E-state index in [1.165, 1.54) is 19.3 Å². The van der Waals surface area contributed by atoms with E-state index in [0.717, 1.165) is 55.7 Å². The molecule has 1 aliphatic carbocycles. The van der Waals surface area contributed by atoms with Gasteiger partial charge in [0, 0.05) is 24.2 Å². The lowest BCUT2D eigenvalue weighted by Gasteiger charge is -2.32. The van der Waals surface area contributed by atoms with Crippen molar-refractivity contribution in [2.45, 2.75) is 83.8 Å². The fourth-order valence-electron chi connectivity index (χ4n) is 4.83. The van der Waals surface area contributed by atoms with Crippen LogP contribution >= 0.6 is 0 Å². The van der Waals surface area contributed by atoms with Gasteiger partial charge in [-0.1, -0.05) is 49.6 Å². The molecule has 0 N–H and O–H groups in total. The molecule has 0 atom stereocenters. The molecule has 0 unspecified atom stereocenters. The molecule has 1 aromatic carbocycles. The van der Waals surface area contributed by atoms with Crippen LogP contribution < -0.4 is 0 Å². The van der Waals surface area contributed by atoms with Crippen molar-refractivity contribution in [3.05, 3.63) is 41.7 Å². The summed E-state index contributed by atoms with van der Waals surface area (Å²) in [5.41, 5.74) is 2.97. The van der Waals surface area contributed by atoms with Crippen molar-refractivity contribution >= 4 is 5.91 Å². The first-order chi connectivity index (χ1) is 13.2. The van der Waals surface area contributed by atoms with Crippen LogP contribution in [0, 0.1) is 0 Å². The third-order valence-electron chi connectivity index (χ3n) is 6.11. The van der Waals surface area contributed by atoms with Crippen LogP contribution in [0.2, 0.25) is 0 Å². The first-order valence-electron chi connectivity index (χ1n) is 10.6. The maximum atomic E-state index is 13.7. The van der Waals surface area contributed by atoms with Gasteiger partial charge in [0.05, 0.1) is 5.69 Å². The molecule has 27 heavy (non-hydrogen) atoms. The van der Waals surface area contributed by atoms with Crippen molar-refractivity contribution < 1.29 is 4.79 Å². The van der Waals surface area contributed by atoms with E-state index in [4.69, 9.17) is 4.98 Å². The molecule has 1 fully saturated rings. The second-order valence-corrected chi connectivity index (χ2v) is 8.30. The molecule has 0 bridgehead atoms. The van der Waals surface area contributed by atoms with Crippen LogP contribution in [0.1, 0.15) is 75.0 Å². The molecule has 1 saturated carbocycles. The standard InChI is InChI=1S/C23H31N3O/c1-17(2)26(19-13-8-9-14-19)23(27)21-20-15-7-4-10-16-25(20)22(24-21)18-11-5-3-6-12-18/h3,5-6,11-12,17,19H,4,7-10,13-16H2,1-2H3. The Balaban J connectivity index is 1.77. The lowest BCUT2D eigenvalue weighted by atomic mass is 10.1. The molecule has 2 heterocycles. The van der Waals surface area contributed by atoms with E-state index in [9.17, 15) is 4.79 Å². The summed E-state index contributed by atoms with van der Waals surface area (Å²) in [7, 11) is 0. The van der Waals surface area contributed by atoms with Crippen LogP contribution in [0.3, 0.4) is 0 Å². The Morgan fingerprint density at radius 2 is 1.81 bits per heavy atom. The van der Waals surface area contributed by atoms with E-state index in [0.29, 0.717) is 11.7 Å². The summed E-state index contributed by atoms with van der Waals surface area (Å²) < 4.78 is 2.32. The molecule has 2 aromatic rings. The van der Waals surface area contributed by atoms with Gasteiger partial charge < -0.3 is 9.47 Å². The highest BCUT2D eigenvalue weighted by atomic mass is 16.2. The highest BCUT2D eigenvalue weighted by molar-refractivity contribution is 5.95. The van der Waals surface area contributed by atoms with Crippen LogP contribution in [-0.2, 0) is 13.0 Å². The van der Waals surface area contributed by atoms with Gasteiger partial charge in [-0.05, 0) is 46.0 Å².